The lowest BCUT2D eigenvalue weighted by Crippen LogP contribution is -2.53. The second-order valence-electron chi connectivity index (χ2n) is 19.4. The molecule has 2 aliphatic heterocycles. The van der Waals surface area contributed by atoms with Gasteiger partial charge in [-0.15, -0.1) is 11.3 Å². The van der Waals surface area contributed by atoms with Gasteiger partial charge in [-0.2, -0.15) is 13.7 Å². The summed E-state index contributed by atoms with van der Waals surface area (Å²) in [6, 6.07) is 61.6. The first-order chi connectivity index (χ1) is 32.2. The number of imidazole rings is 1. The Morgan fingerprint density at radius 2 is 1.45 bits per heavy atom. The maximum atomic E-state index is 15.1. The van der Waals surface area contributed by atoms with E-state index in [9.17, 15) is 0 Å². The second kappa shape index (κ2) is 14.8. The van der Waals surface area contributed by atoms with Crippen LogP contribution in [0, 0.1) is 5.82 Å². The van der Waals surface area contributed by atoms with Crippen LogP contribution in [0.5, 0.6) is 0 Å². The van der Waals surface area contributed by atoms with E-state index in [0.717, 1.165) is 64.0 Å². The van der Waals surface area contributed by atoms with Crippen molar-refractivity contribution in [1.29, 1.82) is 0 Å². The van der Waals surface area contributed by atoms with E-state index < -0.39 is 8.07 Å². The number of thiophene rings is 1. The first-order valence-corrected chi connectivity index (χ1v) is 27.6. The van der Waals surface area contributed by atoms with Crippen molar-refractivity contribution >= 4 is 83.0 Å². The first-order valence-electron chi connectivity index (χ1n) is 23.2. The summed E-state index contributed by atoms with van der Waals surface area (Å²) in [4.78, 5) is 0. The molecule has 3 aromatic heterocycles. The van der Waals surface area contributed by atoms with Crippen molar-refractivity contribution in [3.05, 3.63) is 200 Å². The van der Waals surface area contributed by atoms with Crippen LogP contribution in [0.2, 0.25) is 19.6 Å². The van der Waals surface area contributed by atoms with Gasteiger partial charge in [-0.3, -0.25) is 0 Å². The van der Waals surface area contributed by atoms with Gasteiger partial charge in [0.1, 0.15) is 17.2 Å². The molecule has 13 rings (SSSR count). The number of allylic oxidation sites excluding steroid dienone is 1. The average molecular weight is 890 g/mol. The van der Waals surface area contributed by atoms with Crippen LogP contribution in [0.25, 0.3) is 97.9 Å². The number of nitrogens with zero attached hydrogens (tertiary/aromatic N) is 3. The fraction of sp³-hybridized carbons (Fsp3) is 0.133. The molecule has 0 saturated heterocycles. The Kier molecular flexibility index (Phi) is 8.81. The van der Waals surface area contributed by atoms with Gasteiger partial charge in [0, 0.05) is 49.0 Å². The molecule has 11 aromatic rings. The van der Waals surface area contributed by atoms with Crippen molar-refractivity contribution in [2.75, 3.05) is 0 Å². The van der Waals surface area contributed by atoms with Gasteiger partial charge in [0.05, 0.1) is 24.8 Å². The van der Waals surface area contributed by atoms with Crippen molar-refractivity contribution in [2.45, 2.75) is 50.9 Å². The number of aryl methyl sites for hydroxylation is 1. The van der Waals surface area contributed by atoms with Crippen LogP contribution in [0.3, 0.4) is 0 Å². The van der Waals surface area contributed by atoms with E-state index in [1.165, 1.54) is 64.1 Å². The quantitative estimate of drug-likeness (QED) is 0.124. The van der Waals surface area contributed by atoms with E-state index >= 15 is 4.39 Å². The zero-order valence-electron chi connectivity index (χ0n) is 37.4. The fourth-order valence-corrected chi connectivity index (χ4v) is 13.9. The average Bonchev–Trinajstić information content (AvgIpc) is 3.89. The van der Waals surface area contributed by atoms with Crippen molar-refractivity contribution < 1.29 is 13.5 Å². The molecule has 2 atom stereocenters. The van der Waals surface area contributed by atoms with Crippen molar-refractivity contribution in [3.63, 3.8) is 0 Å². The SMILES string of the molecule is C=C1CC2C(CCc3ccc4c(sc5ccc(-c6ccc(F)c7ccccc67)cc54)c3-c3n(-c4cccc5ccccc45)c4ccccc4[n+]31)c1ccccc1-c1ccc([Si](C)(C)C)c[n+]12. The van der Waals surface area contributed by atoms with Gasteiger partial charge in [-0.05, 0) is 88.3 Å². The Bertz CT molecular complexity index is 3850. The molecule has 318 valence electrons. The zero-order valence-corrected chi connectivity index (χ0v) is 39.2. The second-order valence-corrected chi connectivity index (χ2v) is 25.6. The summed E-state index contributed by atoms with van der Waals surface area (Å²) in [7, 11) is -1.64. The molecule has 2 unspecified atom stereocenters. The number of halogens is 1. The lowest BCUT2D eigenvalue weighted by atomic mass is 9.77. The molecule has 0 aliphatic carbocycles. The van der Waals surface area contributed by atoms with Crippen LogP contribution < -0.4 is 14.3 Å². The molecule has 2 aliphatic rings. The molecule has 6 heteroatoms. The topological polar surface area (TPSA) is 12.7 Å². The molecule has 0 bridgehead atoms. The van der Waals surface area contributed by atoms with Crippen LogP contribution >= 0.6 is 11.3 Å². The Balaban J connectivity index is 1.11. The molecule has 3 nitrogen and oxygen atoms in total. The van der Waals surface area contributed by atoms with Gasteiger partial charge in [-0.1, -0.05) is 148 Å². The van der Waals surface area contributed by atoms with Gasteiger partial charge in [-0.25, -0.2) is 4.39 Å². The number of fused-ring (bicyclic) bond motifs is 17. The third-order valence-corrected chi connectivity index (χ3v) is 17.9. The van der Waals surface area contributed by atoms with Crippen LogP contribution in [0.15, 0.2) is 183 Å². The van der Waals surface area contributed by atoms with Gasteiger partial charge in [0.15, 0.2) is 23.3 Å². The van der Waals surface area contributed by atoms with Crippen molar-refractivity contribution in [3.8, 4) is 39.5 Å². The number of benzene rings is 8. The summed E-state index contributed by atoms with van der Waals surface area (Å²) in [5.41, 5.74) is 13.3. The molecule has 8 aromatic carbocycles. The highest BCUT2D eigenvalue weighted by molar-refractivity contribution is 7.26. The predicted octanol–water partition coefficient (Wildman–Crippen LogP) is 14.7. The van der Waals surface area contributed by atoms with E-state index in [0.29, 0.717) is 5.39 Å². The lowest BCUT2D eigenvalue weighted by Gasteiger charge is -2.32. The highest BCUT2D eigenvalue weighted by atomic mass is 32.1. The minimum atomic E-state index is -1.64. The molecular formula is C60H48FN3SSi+2. The maximum absolute atomic E-state index is 15.1. The van der Waals surface area contributed by atoms with Crippen molar-refractivity contribution in [1.82, 2.24) is 4.57 Å². The molecule has 5 heterocycles. The maximum Gasteiger partial charge on any atom is 0.301 e. The summed E-state index contributed by atoms with van der Waals surface area (Å²) in [6.07, 6.45) is 5.21. The number of rotatable bonds is 3. The number of hydrogen-bond acceptors (Lipinski definition) is 1. The Morgan fingerprint density at radius 3 is 2.33 bits per heavy atom. The van der Waals surface area contributed by atoms with Gasteiger partial charge in [0.25, 0.3) is 0 Å². The molecule has 0 saturated carbocycles. The van der Waals surface area contributed by atoms with E-state index in [1.807, 2.05) is 41.7 Å². The van der Waals surface area contributed by atoms with Crippen LogP contribution in [0.4, 0.5) is 4.39 Å². The van der Waals surface area contributed by atoms with Gasteiger partial charge in [0.2, 0.25) is 5.69 Å². The molecule has 0 N–H and O–H groups in total. The minimum Gasteiger partial charge on any atom is -0.206 e. The Labute approximate surface area is 389 Å². The summed E-state index contributed by atoms with van der Waals surface area (Å²) in [5, 5.41) is 7.91. The molecule has 0 spiro atoms. The summed E-state index contributed by atoms with van der Waals surface area (Å²) < 4.78 is 25.3. The Hall–Kier alpha value is -6.99. The van der Waals surface area contributed by atoms with Crippen LogP contribution in [-0.4, -0.2) is 12.6 Å². The fourth-order valence-electron chi connectivity index (χ4n) is 11.5. The lowest BCUT2D eigenvalue weighted by molar-refractivity contribution is -0.719. The molecule has 66 heavy (non-hydrogen) atoms. The van der Waals surface area contributed by atoms with Gasteiger partial charge >= 0.3 is 5.82 Å². The monoisotopic (exact) mass is 889 g/mol. The smallest absolute Gasteiger partial charge is 0.206 e. The summed E-state index contributed by atoms with van der Waals surface area (Å²) in [5.74, 6) is 1.23. The minimum absolute atomic E-state index is 0.175. The van der Waals surface area contributed by atoms with Crippen LogP contribution in [-0.2, 0) is 6.42 Å². The highest BCUT2D eigenvalue weighted by Crippen LogP contribution is 2.49. The number of pyridine rings is 1. The van der Waals surface area contributed by atoms with E-state index in [-0.39, 0.29) is 17.8 Å². The number of para-hydroxylation sites is 2. The van der Waals surface area contributed by atoms with E-state index in [1.54, 1.807) is 6.07 Å². The van der Waals surface area contributed by atoms with Gasteiger partial charge < -0.3 is 0 Å². The standard InChI is InChI=1S/C60H48FN3SSi/c1-37-34-56-48(45-18-8-10-20-47(45)52-32-27-41(36-62(52)56)66(2,3)4)28-24-39-25-29-49-50-35-40(42-30-31-51(61)46-19-9-7-17-44(42)46)26-33-57(50)65-59(49)58(39)60-63(37)54-21-11-12-22-55(54)64(60)53-23-13-15-38-14-5-6-16-43(38)53/h5-23,25-27,29-33,35-36,48,56H,1,24,28,34H2,2-4H3/q+2. The third kappa shape index (κ3) is 5.91. The first kappa shape index (κ1) is 39.4. The molecular weight excluding hydrogens is 842 g/mol. The van der Waals surface area contributed by atoms with E-state index in [2.05, 4.69) is 173 Å². The Morgan fingerprint density at radius 1 is 0.682 bits per heavy atom. The summed E-state index contributed by atoms with van der Waals surface area (Å²) >= 11 is 1.89. The van der Waals surface area contributed by atoms with Crippen molar-refractivity contribution in [2.24, 2.45) is 0 Å². The largest absolute Gasteiger partial charge is 0.301 e. The highest BCUT2D eigenvalue weighted by Gasteiger charge is 2.44. The van der Waals surface area contributed by atoms with Crippen LogP contribution in [0.1, 0.15) is 35.9 Å². The normalized spacial score (nSPS) is 16.0. The molecule has 0 radical (unpaired) electrons. The van der Waals surface area contributed by atoms with E-state index in [4.69, 9.17) is 6.58 Å². The predicted molar refractivity (Wildman–Crippen MR) is 277 cm³/mol. The third-order valence-electron chi connectivity index (χ3n) is 14.7. The number of aromatic nitrogens is 3. The zero-order chi connectivity index (χ0) is 44.4. The molecule has 0 fully saturated rings. The summed E-state index contributed by atoms with van der Waals surface area (Å²) in [6.45, 7) is 12.5. The number of hydrogen-bond donors (Lipinski definition) is 0. The molecule has 0 amide bonds.